The van der Waals surface area contributed by atoms with Crippen molar-refractivity contribution in [3.05, 3.63) is 95.5 Å². The molecule has 0 atom stereocenters. The minimum Gasteiger partial charge on any atom is -0.355 e. The normalized spacial score (nSPS) is 10.5. The average molecular weight is 432 g/mol. The molecule has 0 aromatic heterocycles. The minimum absolute atomic E-state index is 0.282. The molecule has 0 heterocycles. The van der Waals surface area contributed by atoms with Crippen LogP contribution in [0, 0.1) is 0 Å². The molecule has 0 saturated carbocycles. The van der Waals surface area contributed by atoms with E-state index in [4.69, 9.17) is 0 Å². The van der Waals surface area contributed by atoms with Gasteiger partial charge in [0, 0.05) is 32.6 Å². The molecule has 0 bridgehead atoms. The largest absolute Gasteiger partial charge is 0.355 e. The first-order chi connectivity index (χ1) is 13.7. The number of hydrogen-bond donors (Lipinski definition) is 3. The van der Waals surface area contributed by atoms with E-state index >= 15 is 0 Å². The van der Waals surface area contributed by atoms with E-state index in [1.165, 1.54) is 0 Å². The Bertz CT molecular complexity index is 1110. The predicted molar refractivity (Wildman–Crippen MR) is 120 cm³/mol. The number of amides is 2. The summed E-state index contributed by atoms with van der Waals surface area (Å²) in [6, 6.07) is 29.1. The second-order valence-corrected chi connectivity index (χ2v) is 7.23. The van der Waals surface area contributed by atoms with E-state index < -0.39 is 0 Å². The van der Waals surface area contributed by atoms with Crippen LogP contribution >= 0.6 is 15.9 Å². The molecule has 5 heteroatoms. The van der Waals surface area contributed by atoms with Crippen LogP contribution in [0.5, 0.6) is 0 Å². The second kappa shape index (κ2) is 8.15. The van der Waals surface area contributed by atoms with E-state index in [2.05, 4.69) is 37.9 Å². The lowest BCUT2D eigenvalue weighted by atomic mass is 10.1. The topological polar surface area (TPSA) is 53.2 Å². The lowest BCUT2D eigenvalue weighted by Gasteiger charge is -2.12. The lowest BCUT2D eigenvalue weighted by molar-refractivity contribution is 0.262. The van der Waals surface area contributed by atoms with Crippen molar-refractivity contribution in [2.75, 3.05) is 16.0 Å². The number of rotatable bonds is 4. The zero-order valence-corrected chi connectivity index (χ0v) is 16.5. The average Bonchev–Trinajstić information content (AvgIpc) is 2.71. The monoisotopic (exact) mass is 431 g/mol. The molecule has 0 aliphatic rings. The van der Waals surface area contributed by atoms with Crippen LogP contribution < -0.4 is 16.0 Å². The highest BCUT2D eigenvalue weighted by atomic mass is 79.9. The van der Waals surface area contributed by atoms with Gasteiger partial charge in [0.25, 0.3) is 0 Å². The first-order valence-corrected chi connectivity index (χ1v) is 9.65. The van der Waals surface area contributed by atoms with Gasteiger partial charge in [-0.3, -0.25) is 0 Å². The van der Waals surface area contributed by atoms with Gasteiger partial charge in [-0.15, -0.1) is 0 Å². The van der Waals surface area contributed by atoms with E-state index in [-0.39, 0.29) is 6.03 Å². The van der Waals surface area contributed by atoms with E-state index in [0.29, 0.717) is 0 Å². The van der Waals surface area contributed by atoms with Crippen molar-refractivity contribution < 1.29 is 4.79 Å². The van der Waals surface area contributed by atoms with Crippen LogP contribution in [-0.2, 0) is 0 Å². The van der Waals surface area contributed by atoms with Crippen molar-refractivity contribution in [2.24, 2.45) is 0 Å². The van der Waals surface area contributed by atoms with Gasteiger partial charge in [-0.2, -0.15) is 0 Å². The number of carbonyl (C=O) groups is 1. The SMILES string of the molecule is O=C(Nc1ccc(Br)cc1)Nc1ccc2cccc(Nc3ccccc3)c2c1. The number of benzene rings is 4. The number of hydrogen-bond acceptors (Lipinski definition) is 2. The van der Waals surface area contributed by atoms with Crippen molar-refractivity contribution in [1.82, 2.24) is 0 Å². The van der Waals surface area contributed by atoms with Gasteiger partial charge in [-0.1, -0.05) is 52.3 Å². The molecule has 138 valence electrons. The third-order valence-corrected chi connectivity index (χ3v) is 4.82. The summed E-state index contributed by atoms with van der Waals surface area (Å²) in [6.07, 6.45) is 0. The molecule has 0 aliphatic carbocycles. The number of anilines is 4. The number of fused-ring (bicyclic) bond motifs is 1. The molecule has 3 N–H and O–H groups in total. The fourth-order valence-electron chi connectivity index (χ4n) is 2.96. The Morgan fingerprint density at radius 2 is 1.39 bits per heavy atom. The summed E-state index contributed by atoms with van der Waals surface area (Å²) < 4.78 is 0.964. The maximum Gasteiger partial charge on any atom is 0.323 e. The standard InChI is InChI=1S/C23H18BrN3O/c24-17-10-13-19(14-11-17)26-23(28)27-20-12-9-16-5-4-8-22(21(16)15-20)25-18-6-2-1-3-7-18/h1-15,25H,(H2,26,27,28). The number of urea groups is 1. The second-order valence-electron chi connectivity index (χ2n) is 6.32. The number of carbonyl (C=O) groups excluding carboxylic acids is 1. The van der Waals surface area contributed by atoms with Crippen LogP contribution in [0.15, 0.2) is 95.5 Å². The predicted octanol–water partition coefficient (Wildman–Crippen LogP) is 6.99. The summed E-state index contributed by atoms with van der Waals surface area (Å²) in [6.45, 7) is 0. The summed E-state index contributed by atoms with van der Waals surface area (Å²) >= 11 is 3.38. The number of nitrogens with one attached hydrogen (secondary N) is 3. The fourth-order valence-corrected chi connectivity index (χ4v) is 3.23. The quantitative estimate of drug-likeness (QED) is 0.326. The van der Waals surface area contributed by atoms with Crippen LogP contribution in [0.25, 0.3) is 10.8 Å². The third kappa shape index (κ3) is 4.32. The summed E-state index contributed by atoms with van der Waals surface area (Å²) in [5.74, 6) is 0. The van der Waals surface area contributed by atoms with Gasteiger partial charge in [-0.05, 0) is 60.0 Å². The van der Waals surface area contributed by atoms with Crippen molar-refractivity contribution in [1.29, 1.82) is 0 Å². The Kier molecular flexibility index (Phi) is 5.26. The molecule has 0 spiro atoms. The molecule has 0 unspecified atom stereocenters. The van der Waals surface area contributed by atoms with Gasteiger partial charge in [-0.25, -0.2) is 4.79 Å². The molecule has 0 fully saturated rings. The van der Waals surface area contributed by atoms with E-state index in [1.807, 2.05) is 84.9 Å². The highest BCUT2D eigenvalue weighted by molar-refractivity contribution is 9.10. The maximum atomic E-state index is 12.3. The fraction of sp³-hybridized carbons (Fsp3) is 0. The van der Waals surface area contributed by atoms with Crippen LogP contribution in [0.2, 0.25) is 0 Å². The van der Waals surface area contributed by atoms with E-state index in [1.54, 1.807) is 0 Å². The Morgan fingerprint density at radius 3 is 2.18 bits per heavy atom. The molecular weight excluding hydrogens is 414 g/mol. The van der Waals surface area contributed by atoms with Gasteiger partial charge >= 0.3 is 6.03 Å². The molecule has 28 heavy (non-hydrogen) atoms. The Hall–Kier alpha value is -3.31. The van der Waals surface area contributed by atoms with Crippen molar-refractivity contribution in [2.45, 2.75) is 0 Å². The van der Waals surface area contributed by atoms with Gasteiger partial charge in [0.05, 0.1) is 0 Å². The third-order valence-electron chi connectivity index (χ3n) is 4.29. The molecule has 0 radical (unpaired) electrons. The highest BCUT2D eigenvalue weighted by Crippen LogP contribution is 2.29. The summed E-state index contributed by atoms with van der Waals surface area (Å²) in [5, 5.41) is 11.3. The van der Waals surface area contributed by atoms with Gasteiger partial charge in [0.2, 0.25) is 0 Å². The van der Waals surface area contributed by atoms with Crippen molar-refractivity contribution >= 4 is 55.5 Å². The molecular formula is C23H18BrN3O. The molecule has 4 rings (SSSR count). The summed E-state index contributed by atoms with van der Waals surface area (Å²) in [4.78, 5) is 12.3. The van der Waals surface area contributed by atoms with E-state index in [0.717, 1.165) is 38.0 Å². The Labute approximate surface area is 171 Å². The first-order valence-electron chi connectivity index (χ1n) is 8.86. The van der Waals surface area contributed by atoms with Gasteiger partial charge < -0.3 is 16.0 Å². The zero-order chi connectivity index (χ0) is 19.3. The summed E-state index contributed by atoms with van der Waals surface area (Å²) in [5.41, 5.74) is 3.46. The van der Waals surface area contributed by atoms with Crippen LogP contribution in [0.4, 0.5) is 27.5 Å². The van der Waals surface area contributed by atoms with E-state index in [9.17, 15) is 4.79 Å². The molecule has 4 nitrogen and oxygen atoms in total. The van der Waals surface area contributed by atoms with Crippen LogP contribution in [0.3, 0.4) is 0 Å². The van der Waals surface area contributed by atoms with Crippen LogP contribution in [0.1, 0.15) is 0 Å². The molecule has 4 aromatic rings. The zero-order valence-electron chi connectivity index (χ0n) is 14.9. The highest BCUT2D eigenvalue weighted by Gasteiger charge is 2.06. The maximum absolute atomic E-state index is 12.3. The molecule has 0 aliphatic heterocycles. The smallest absolute Gasteiger partial charge is 0.323 e. The van der Waals surface area contributed by atoms with Gasteiger partial charge in [0.1, 0.15) is 0 Å². The van der Waals surface area contributed by atoms with Crippen molar-refractivity contribution in [3.63, 3.8) is 0 Å². The number of para-hydroxylation sites is 1. The first kappa shape index (κ1) is 18.1. The lowest BCUT2D eigenvalue weighted by Crippen LogP contribution is -2.19. The molecule has 0 saturated heterocycles. The minimum atomic E-state index is -0.282. The Morgan fingerprint density at radius 1 is 0.679 bits per heavy atom. The molecule has 2 amide bonds. The molecule has 4 aromatic carbocycles. The number of halogens is 1. The van der Waals surface area contributed by atoms with Gasteiger partial charge in [0.15, 0.2) is 0 Å². The summed E-state index contributed by atoms with van der Waals surface area (Å²) in [7, 11) is 0. The van der Waals surface area contributed by atoms with Crippen LogP contribution in [-0.4, -0.2) is 6.03 Å². The Balaban J connectivity index is 1.55. The van der Waals surface area contributed by atoms with Crippen molar-refractivity contribution in [3.8, 4) is 0 Å².